The van der Waals surface area contributed by atoms with E-state index in [0.717, 1.165) is 6.42 Å². The minimum Gasteiger partial charge on any atom is -0.297 e. The molecule has 0 rings (SSSR count). The Morgan fingerprint density at radius 3 is 1.67 bits per heavy atom. The summed E-state index contributed by atoms with van der Waals surface area (Å²) in [4.78, 5) is 12.1. The maximum Gasteiger partial charge on any atom is 0.397 e. The summed E-state index contributed by atoms with van der Waals surface area (Å²) in [6, 6.07) is 0. The maximum absolute atomic E-state index is 12.7. The van der Waals surface area contributed by atoms with Crippen LogP contribution in [0.1, 0.15) is 67.7 Å². The summed E-state index contributed by atoms with van der Waals surface area (Å²) < 4.78 is 23.5. The smallest absolute Gasteiger partial charge is 0.297 e. The number of unbranched alkanes of at least 4 members (excludes halogenated alkanes) is 1. The van der Waals surface area contributed by atoms with Crippen molar-refractivity contribution >= 4 is 13.1 Å². The second kappa shape index (κ2) is 6.31. The van der Waals surface area contributed by atoms with E-state index < -0.39 is 24.3 Å². The maximum atomic E-state index is 12.7. The second-order valence-corrected chi connectivity index (χ2v) is 8.26. The van der Waals surface area contributed by atoms with Crippen molar-refractivity contribution in [2.24, 2.45) is 0 Å². The minimum absolute atomic E-state index is 0.236. The summed E-state index contributed by atoms with van der Waals surface area (Å²) in [6.07, 6.45) is 1.81. The van der Waals surface area contributed by atoms with Crippen molar-refractivity contribution in [1.82, 2.24) is 0 Å². The van der Waals surface area contributed by atoms with Crippen molar-refractivity contribution in [3.63, 3.8) is 0 Å². The monoisotopic (exact) mass is 278 g/mol. The first kappa shape index (κ1) is 17.8. The van der Waals surface area contributed by atoms with Gasteiger partial charge in [-0.1, -0.05) is 13.3 Å². The third-order valence-electron chi connectivity index (χ3n) is 1.84. The average molecular weight is 278 g/mol. The standard InChI is InChI=1S/C13H27O4P/c1-8-9-10-11(14)18(15,16-12(2,3)4)17-13(5,6)7/h8-10H2,1-7H3. The molecule has 0 radical (unpaired) electrons. The fraction of sp³-hybridized carbons (Fsp3) is 0.923. The highest BCUT2D eigenvalue weighted by molar-refractivity contribution is 7.71. The molecule has 0 saturated heterocycles. The van der Waals surface area contributed by atoms with Crippen LogP contribution in [0, 0.1) is 0 Å². The van der Waals surface area contributed by atoms with Crippen molar-refractivity contribution in [1.29, 1.82) is 0 Å². The quantitative estimate of drug-likeness (QED) is 0.670. The summed E-state index contributed by atoms with van der Waals surface area (Å²) in [5.41, 5.74) is -1.78. The largest absolute Gasteiger partial charge is 0.397 e. The number of hydrogen-bond acceptors (Lipinski definition) is 4. The van der Waals surface area contributed by atoms with Gasteiger partial charge in [0.1, 0.15) is 0 Å². The lowest BCUT2D eigenvalue weighted by Crippen LogP contribution is -2.26. The molecule has 0 aromatic heterocycles. The Labute approximate surface area is 111 Å². The van der Waals surface area contributed by atoms with Crippen molar-refractivity contribution < 1.29 is 18.4 Å². The van der Waals surface area contributed by atoms with Gasteiger partial charge in [-0.15, -0.1) is 0 Å². The third-order valence-corrected chi connectivity index (χ3v) is 4.25. The molecule has 0 amide bonds. The molecule has 0 N–H and O–H groups in total. The van der Waals surface area contributed by atoms with Crippen LogP contribution in [0.25, 0.3) is 0 Å². The first-order valence-corrected chi connectivity index (χ1v) is 7.99. The molecule has 108 valence electrons. The fourth-order valence-electron chi connectivity index (χ4n) is 1.31. The first-order chi connectivity index (χ1) is 7.90. The van der Waals surface area contributed by atoms with Crippen molar-refractivity contribution in [3.8, 4) is 0 Å². The number of carbonyl (C=O) groups is 1. The third kappa shape index (κ3) is 7.30. The van der Waals surface area contributed by atoms with Crippen LogP contribution in [-0.2, 0) is 18.4 Å². The molecule has 0 fully saturated rings. The van der Waals surface area contributed by atoms with Gasteiger partial charge in [-0.2, -0.15) is 0 Å². The molecule has 4 nitrogen and oxygen atoms in total. The van der Waals surface area contributed by atoms with Crippen LogP contribution in [0.2, 0.25) is 0 Å². The zero-order valence-corrected chi connectivity index (χ0v) is 13.6. The van der Waals surface area contributed by atoms with Gasteiger partial charge in [0, 0.05) is 6.42 Å². The topological polar surface area (TPSA) is 52.6 Å². The molecule has 0 aliphatic heterocycles. The van der Waals surface area contributed by atoms with Crippen LogP contribution in [0.5, 0.6) is 0 Å². The van der Waals surface area contributed by atoms with Crippen LogP contribution >= 0.6 is 7.60 Å². The van der Waals surface area contributed by atoms with Gasteiger partial charge in [0.2, 0.25) is 5.52 Å². The van der Waals surface area contributed by atoms with Crippen LogP contribution < -0.4 is 0 Å². The van der Waals surface area contributed by atoms with E-state index in [2.05, 4.69) is 0 Å². The van der Waals surface area contributed by atoms with Gasteiger partial charge in [-0.05, 0) is 48.0 Å². The summed E-state index contributed by atoms with van der Waals surface area (Å²) in [5.74, 6) is 0. The molecular formula is C13H27O4P. The molecule has 18 heavy (non-hydrogen) atoms. The van der Waals surface area contributed by atoms with Gasteiger partial charge >= 0.3 is 7.60 Å². The Bertz CT molecular complexity index is 303. The number of hydrogen-bond donors (Lipinski definition) is 0. The summed E-state index contributed by atoms with van der Waals surface area (Å²) >= 11 is 0. The van der Waals surface area contributed by atoms with Gasteiger partial charge < -0.3 is 0 Å². The van der Waals surface area contributed by atoms with E-state index in [4.69, 9.17) is 9.05 Å². The molecule has 0 bridgehead atoms. The Balaban J connectivity index is 5.04. The molecular weight excluding hydrogens is 251 g/mol. The van der Waals surface area contributed by atoms with Gasteiger partial charge in [0.05, 0.1) is 11.2 Å². The Kier molecular flexibility index (Phi) is 6.25. The Hall–Kier alpha value is -0.180. The molecule has 0 spiro atoms. The van der Waals surface area contributed by atoms with Crippen molar-refractivity contribution in [2.45, 2.75) is 78.9 Å². The summed E-state index contributed by atoms with van der Waals surface area (Å²) in [6.45, 7) is 12.6. The highest BCUT2D eigenvalue weighted by Gasteiger charge is 2.41. The van der Waals surface area contributed by atoms with Crippen LogP contribution in [-0.4, -0.2) is 16.7 Å². The van der Waals surface area contributed by atoms with Gasteiger partial charge in [0.25, 0.3) is 0 Å². The molecule has 0 aromatic rings. The fourth-order valence-corrected chi connectivity index (χ4v) is 3.42. The lowest BCUT2D eigenvalue weighted by molar-refractivity contribution is -0.115. The highest BCUT2D eigenvalue weighted by atomic mass is 31.2. The minimum atomic E-state index is -3.72. The average Bonchev–Trinajstić information content (AvgIpc) is 2.07. The van der Waals surface area contributed by atoms with E-state index in [1.807, 2.05) is 6.92 Å². The Morgan fingerprint density at radius 1 is 1.00 bits per heavy atom. The molecule has 0 atom stereocenters. The summed E-state index contributed by atoms with van der Waals surface area (Å²) in [5, 5.41) is 0. The lowest BCUT2D eigenvalue weighted by atomic mass is 10.2. The second-order valence-electron chi connectivity index (χ2n) is 6.40. The molecule has 0 aliphatic carbocycles. The van der Waals surface area contributed by atoms with E-state index in [1.165, 1.54) is 0 Å². The molecule has 5 heteroatoms. The van der Waals surface area contributed by atoms with Crippen LogP contribution in [0.15, 0.2) is 0 Å². The number of rotatable bonds is 6. The van der Waals surface area contributed by atoms with Crippen molar-refractivity contribution in [2.75, 3.05) is 0 Å². The molecule has 0 unspecified atom stereocenters. The van der Waals surface area contributed by atoms with Gasteiger partial charge in [-0.25, -0.2) is 0 Å². The normalized spacial score (nSPS) is 13.7. The molecule has 0 saturated carbocycles. The molecule has 0 aromatic carbocycles. The van der Waals surface area contributed by atoms with E-state index in [9.17, 15) is 9.36 Å². The summed E-state index contributed by atoms with van der Waals surface area (Å²) in [7, 11) is -3.72. The van der Waals surface area contributed by atoms with Gasteiger partial charge in [-0.3, -0.25) is 18.4 Å². The van der Waals surface area contributed by atoms with E-state index >= 15 is 0 Å². The van der Waals surface area contributed by atoms with Crippen molar-refractivity contribution in [3.05, 3.63) is 0 Å². The van der Waals surface area contributed by atoms with Crippen LogP contribution in [0.4, 0.5) is 0 Å². The predicted molar refractivity (Wildman–Crippen MR) is 73.8 cm³/mol. The van der Waals surface area contributed by atoms with E-state index in [1.54, 1.807) is 41.5 Å². The molecule has 0 heterocycles. The zero-order chi connectivity index (χ0) is 14.6. The van der Waals surface area contributed by atoms with E-state index in [-0.39, 0.29) is 6.42 Å². The Morgan fingerprint density at radius 2 is 1.39 bits per heavy atom. The van der Waals surface area contributed by atoms with Gasteiger partial charge in [0.15, 0.2) is 0 Å². The SMILES string of the molecule is CCCCC(=O)P(=O)(OC(C)(C)C)OC(C)(C)C. The highest BCUT2D eigenvalue weighted by Crippen LogP contribution is 2.56. The number of carbonyl (C=O) groups excluding carboxylic acids is 1. The lowest BCUT2D eigenvalue weighted by Gasteiger charge is -2.30. The molecule has 0 aliphatic rings. The van der Waals surface area contributed by atoms with Crippen LogP contribution in [0.3, 0.4) is 0 Å². The first-order valence-electron chi connectivity index (χ1n) is 6.44. The zero-order valence-electron chi connectivity index (χ0n) is 12.7. The van der Waals surface area contributed by atoms with E-state index in [0.29, 0.717) is 6.42 Å². The predicted octanol–water partition coefficient (Wildman–Crippen LogP) is 4.53.